The number of rotatable bonds is 5. The molecule has 3 heteroatoms. The average molecular weight is 220 g/mol. The highest BCUT2D eigenvalue weighted by molar-refractivity contribution is 5.75. The molecule has 0 fully saturated rings. The van der Waals surface area contributed by atoms with Gasteiger partial charge in [-0.05, 0) is 18.1 Å². The van der Waals surface area contributed by atoms with E-state index in [1.807, 2.05) is 12.1 Å². The van der Waals surface area contributed by atoms with Gasteiger partial charge in [0.05, 0.1) is 6.54 Å². The second-order valence-corrected chi connectivity index (χ2v) is 4.77. The Labute approximate surface area is 97.0 Å². The maximum absolute atomic E-state index is 10.6. The van der Waals surface area contributed by atoms with Gasteiger partial charge in [0.1, 0.15) is 0 Å². The molecule has 0 radical (unpaired) electrons. The van der Waals surface area contributed by atoms with Crippen LogP contribution in [-0.4, -0.2) is 19.0 Å². The molecular weight excluding hydrogens is 200 g/mol. The normalized spacial score (nSPS) is 11.4. The van der Waals surface area contributed by atoms with Crippen molar-refractivity contribution in [2.24, 2.45) is 5.73 Å². The Morgan fingerprint density at radius 3 is 2.56 bits per heavy atom. The summed E-state index contributed by atoms with van der Waals surface area (Å²) in [6, 6.07) is 8.30. The molecule has 1 rings (SSSR count). The fourth-order valence-electron chi connectivity index (χ4n) is 1.93. The Hall–Kier alpha value is -1.35. The lowest BCUT2D eigenvalue weighted by molar-refractivity contribution is -0.117. The molecule has 1 aromatic carbocycles. The van der Waals surface area contributed by atoms with Crippen molar-refractivity contribution in [1.29, 1.82) is 0 Å². The van der Waals surface area contributed by atoms with E-state index in [9.17, 15) is 4.79 Å². The molecule has 1 aromatic rings. The third-order valence-electron chi connectivity index (χ3n) is 2.74. The van der Waals surface area contributed by atoms with Gasteiger partial charge in [0, 0.05) is 12.0 Å². The number of primary amides is 1. The summed E-state index contributed by atoms with van der Waals surface area (Å²) in [5.74, 6) is -0.319. The second-order valence-electron chi connectivity index (χ2n) is 4.77. The lowest BCUT2D eigenvalue weighted by Crippen LogP contribution is -2.38. The molecule has 0 heterocycles. The summed E-state index contributed by atoms with van der Waals surface area (Å²) in [6.07, 6.45) is 0. The lowest BCUT2D eigenvalue weighted by Gasteiger charge is -2.27. The molecule has 0 aromatic heterocycles. The van der Waals surface area contributed by atoms with Gasteiger partial charge in [-0.3, -0.25) is 4.79 Å². The molecule has 0 saturated heterocycles. The van der Waals surface area contributed by atoms with E-state index in [0.717, 1.165) is 6.54 Å². The molecule has 0 aliphatic heterocycles. The predicted octanol–water partition coefficient (Wildman–Crippen LogP) is 1.35. The largest absolute Gasteiger partial charge is 0.369 e. The SMILES string of the molecule is Cc1ccccc1C(C)(C)CNCC(N)=O. The van der Waals surface area contributed by atoms with E-state index in [1.165, 1.54) is 11.1 Å². The molecule has 88 valence electrons. The Morgan fingerprint density at radius 2 is 2.00 bits per heavy atom. The van der Waals surface area contributed by atoms with Gasteiger partial charge in [-0.25, -0.2) is 0 Å². The van der Waals surface area contributed by atoms with Crippen molar-refractivity contribution in [2.45, 2.75) is 26.2 Å². The molecular formula is C13H20N2O. The number of nitrogens with one attached hydrogen (secondary N) is 1. The highest BCUT2D eigenvalue weighted by Gasteiger charge is 2.21. The minimum Gasteiger partial charge on any atom is -0.369 e. The van der Waals surface area contributed by atoms with Gasteiger partial charge in [-0.15, -0.1) is 0 Å². The van der Waals surface area contributed by atoms with Gasteiger partial charge in [0.2, 0.25) is 5.91 Å². The van der Waals surface area contributed by atoms with Crippen LogP contribution < -0.4 is 11.1 Å². The third-order valence-corrected chi connectivity index (χ3v) is 2.74. The highest BCUT2D eigenvalue weighted by atomic mass is 16.1. The first-order valence-corrected chi connectivity index (χ1v) is 5.48. The molecule has 3 N–H and O–H groups in total. The summed E-state index contributed by atoms with van der Waals surface area (Å²) in [7, 11) is 0. The van der Waals surface area contributed by atoms with Gasteiger partial charge in [0.15, 0.2) is 0 Å². The summed E-state index contributed by atoms with van der Waals surface area (Å²) in [5.41, 5.74) is 7.66. The Morgan fingerprint density at radius 1 is 1.38 bits per heavy atom. The van der Waals surface area contributed by atoms with Crippen LogP contribution in [0.2, 0.25) is 0 Å². The van der Waals surface area contributed by atoms with Gasteiger partial charge < -0.3 is 11.1 Å². The van der Waals surface area contributed by atoms with Crippen molar-refractivity contribution < 1.29 is 4.79 Å². The van der Waals surface area contributed by atoms with Crippen LogP contribution in [0, 0.1) is 6.92 Å². The van der Waals surface area contributed by atoms with Gasteiger partial charge in [-0.1, -0.05) is 38.1 Å². The fourth-order valence-corrected chi connectivity index (χ4v) is 1.93. The monoisotopic (exact) mass is 220 g/mol. The number of carbonyl (C=O) groups is 1. The zero-order valence-electron chi connectivity index (χ0n) is 10.2. The molecule has 3 nitrogen and oxygen atoms in total. The number of amides is 1. The molecule has 16 heavy (non-hydrogen) atoms. The van der Waals surface area contributed by atoms with Gasteiger partial charge in [-0.2, -0.15) is 0 Å². The van der Waals surface area contributed by atoms with Crippen molar-refractivity contribution in [3.8, 4) is 0 Å². The molecule has 1 amide bonds. The maximum atomic E-state index is 10.6. The van der Waals surface area contributed by atoms with Crippen molar-refractivity contribution in [3.05, 3.63) is 35.4 Å². The van der Waals surface area contributed by atoms with Gasteiger partial charge in [0.25, 0.3) is 0 Å². The van der Waals surface area contributed by atoms with Crippen LogP contribution >= 0.6 is 0 Å². The summed E-state index contributed by atoms with van der Waals surface area (Å²) in [4.78, 5) is 10.6. The lowest BCUT2D eigenvalue weighted by atomic mass is 9.82. The second kappa shape index (κ2) is 5.12. The van der Waals surface area contributed by atoms with Crippen molar-refractivity contribution in [1.82, 2.24) is 5.32 Å². The molecule has 0 bridgehead atoms. The maximum Gasteiger partial charge on any atom is 0.231 e. The van der Waals surface area contributed by atoms with Crippen molar-refractivity contribution >= 4 is 5.91 Å². The van der Waals surface area contributed by atoms with Crippen LogP contribution in [0.3, 0.4) is 0 Å². The molecule has 0 spiro atoms. The minimum atomic E-state index is -0.319. The van der Waals surface area contributed by atoms with Crippen molar-refractivity contribution in [2.75, 3.05) is 13.1 Å². The van der Waals surface area contributed by atoms with Crippen LogP contribution in [-0.2, 0) is 10.2 Å². The summed E-state index contributed by atoms with van der Waals surface area (Å²) >= 11 is 0. The van der Waals surface area contributed by atoms with E-state index in [0.29, 0.717) is 0 Å². The highest BCUT2D eigenvalue weighted by Crippen LogP contribution is 2.25. The first-order valence-electron chi connectivity index (χ1n) is 5.48. The van der Waals surface area contributed by atoms with Crippen LogP contribution in [0.1, 0.15) is 25.0 Å². The smallest absolute Gasteiger partial charge is 0.231 e. The first-order chi connectivity index (χ1) is 7.43. The third kappa shape index (κ3) is 3.35. The Bertz CT molecular complexity index is 372. The topological polar surface area (TPSA) is 55.1 Å². The van der Waals surface area contributed by atoms with Crippen LogP contribution in [0.25, 0.3) is 0 Å². The molecule has 0 aliphatic rings. The Kier molecular flexibility index (Phi) is 4.07. The molecule has 0 saturated carbocycles. The van der Waals surface area contributed by atoms with Crippen LogP contribution in [0.4, 0.5) is 0 Å². The number of nitrogens with two attached hydrogens (primary N) is 1. The quantitative estimate of drug-likeness (QED) is 0.787. The average Bonchev–Trinajstić information content (AvgIpc) is 2.17. The van der Waals surface area contributed by atoms with E-state index < -0.39 is 0 Å². The van der Waals surface area contributed by atoms with E-state index >= 15 is 0 Å². The zero-order valence-corrected chi connectivity index (χ0v) is 10.2. The number of carbonyl (C=O) groups excluding carboxylic acids is 1. The van der Waals surface area contributed by atoms with E-state index in [1.54, 1.807) is 0 Å². The number of aryl methyl sites for hydroxylation is 1. The molecule has 0 unspecified atom stereocenters. The summed E-state index contributed by atoms with van der Waals surface area (Å²) < 4.78 is 0. The molecule has 0 aliphatic carbocycles. The van der Waals surface area contributed by atoms with Gasteiger partial charge >= 0.3 is 0 Å². The summed E-state index contributed by atoms with van der Waals surface area (Å²) in [5, 5.41) is 3.08. The standard InChI is InChI=1S/C13H20N2O/c1-10-6-4-5-7-11(10)13(2,3)9-15-8-12(14)16/h4-7,15H,8-9H2,1-3H3,(H2,14,16). The van der Waals surface area contributed by atoms with E-state index in [4.69, 9.17) is 5.73 Å². The number of benzene rings is 1. The van der Waals surface area contributed by atoms with Crippen LogP contribution in [0.15, 0.2) is 24.3 Å². The first kappa shape index (κ1) is 12.7. The predicted molar refractivity (Wildman–Crippen MR) is 66.3 cm³/mol. The van der Waals surface area contributed by atoms with E-state index in [-0.39, 0.29) is 17.9 Å². The zero-order chi connectivity index (χ0) is 12.2. The fraction of sp³-hybridized carbons (Fsp3) is 0.462. The Balaban J connectivity index is 2.70. The van der Waals surface area contributed by atoms with Crippen LogP contribution in [0.5, 0.6) is 0 Å². The molecule has 0 atom stereocenters. The number of hydrogen-bond acceptors (Lipinski definition) is 2. The summed E-state index contributed by atoms with van der Waals surface area (Å²) in [6.45, 7) is 7.38. The van der Waals surface area contributed by atoms with E-state index in [2.05, 4.69) is 38.2 Å². The van der Waals surface area contributed by atoms with Crippen molar-refractivity contribution in [3.63, 3.8) is 0 Å². The number of hydrogen-bond donors (Lipinski definition) is 2. The minimum absolute atomic E-state index is 0.000787.